The molecule has 0 aliphatic rings. The summed E-state index contributed by atoms with van der Waals surface area (Å²) in [7, 11) is 0. The summed E-state index contributed by atoms with van der Waals surface area (Å²) < 4.78 is 0. The molecule has 0 amide bonds. The molecule has 6 nitrogen and oxygen atoms in total. The van der Waals surface area contributed by atoms with Crippen LogP contribution in [-0.4, -0.2) is 21.7 Å². The van der Waals surface area contributed by atoms with Crippen LogP contribution in [-0.2, 0) is 0 Å². The number of non-ortho nitro benzene ring substituents is 1. The highest BCUT2D eigenvalue weighted by Gasteiger charge is 2.13. The van der Waals surface area contributed by atoms with E-state index in [9.17, 15) is 15.3 Å². The van der Waals surface area contributed by atoms with Crippen molar-refractivity contribution in [3.05, 3.63) is 112 Å². The molecule has 0 heterocycles. The molecule has 128 valence electrons. The van der Waals surface area contributed by atoms with Gasteiger partial charge in [0.15, 0.2) is 5.84 Å². The van der Waals surface area contributed by atoms with E-state index in [1.807, 2.05) is 60.7 Å². The van der Waals surface area contributed by atoms with E-state index in [1.165, 1.54) is 18.2 Å². The maximum atomic E-state index is 11.0. The summed E-state index contributed by atoms with van der Waals surface area (Å²) in [4.78, 5) is 15.0. The molecular weight excluding hydrogens is 330 g/mol. The van der Waals surface area contributed by atoms with Crippen LogP contribution in [0.25, 0.3) is 0 Å². The first-order chi connectivity index (χ1) is 12.7. The number of benzene rings is 3. The lowest BCUT2D eigenvalue weighted by Crippen LogP contribution is -2.09. The molecule has 0 radical (unpaired) electrons. The van der Waals surface area contributed by atoms with Crippen LogP contribution < -0.4 is 0 Å². The van der Waals surface area contributed by atoms with Crippen LogP contribution in [0.1, 0.15) is 16.7 Å². The van der Waals surface area contributed by atoms with Crippen molar-refractivity contribution >= 4 is 17.2 Å². The maximum absolute atomic E-state index is 11.0. The highest BCUT2D eigenvalue weighted by molar-refractivity contribution is 6.19. The molecule has 3 aromatic rings. The fraction of sp³-hybridized carbons (Fsp3) is 0. The number of hydrogen-bond donors (Lipinski definition) is 1. The summed E-state index contributed by atoms with van der Waals surface area (Å²) >= 11 is 0. The van der Waals surface area contributed by atoms with E-state index in [0.717, 1.165) is 11.1 Å². The fourth-order valence-electron chi connectivity index (χ4n) is 2.50. The number of rotatable bonds is 4. The molecule has 0 fully saturated rings. The molecular formula is C20H15N3O3. The molecule has 0 spiro atoms. The summed E-state index contributed by atoms with van der Waals surface area (Å²) in [5.74, 6) is -0.00333. The minimum absolute atomic E-state index is 0.00333. The fourth-order valence-corrected chi connectivity index (χ4v) is 2.50. The van der Waals surface area contributed by atoms with Crippen molar-refractivity contribution < 1.29 is 10.1 Å². The van der Waals surface area contributed by atoms with Crippen molar-refractivity contribution in [3.8, 4) is 0 Å². The van der Waals surface area contributed by atoms with E-state index < -0.39 is 4.92 Å². The van der Waals surface area contributed by atoms with Gasteiger partial charge < -0.3 is 5.21 Å². The molecule has 0 saturated carbocycles. The van der Waals surface area contributed by atoms with Gasteiger partial charge in [-0.15, -0.1) is 0 Å². The van der Waals surface area contributed by atoms with Crippen LogP contribution in [0, 0.1) is 10.1 Å². The molecule has 0 aliphatic heterocycles. The van der Waals surface area contributed by atoms with Gasteiger partial charge >= 0.3 is 0 Å². The number of aliphatic imine (C=N–C) groups is 1. The first kappa shape index (κ1) is 17.0. The van der Waals surface area contributed by atoms with Gasteiger partial charge in [-0.2, -0.15) is 0 Å². The Kier molecular flexibility index (Phi) is 5.14. The normalized spacial score (nSPS) is 11.0. The molecule has 3 aromatic carbocycles. The minimum Gasteiger partial charge on any atom is -0.409 e. The third-order valence-electron chi connectivity index (χ3n) is 3.72. The number of nitro groups is 1. The molecule has 0 saturated heterocycles. The largest absolute Gasteiger partial charge is 0.409 e. The van der Waals surface area contributed by atoms with Crippen molar-refractivity contribution in [2.45, 2.75) is 0 Å². The van der Waals surface area contributed by atoms with Crippen molar-refractivity contribution in [2.24, 2.45) is 10.1 Å². The van der Waals surface area contributed by atoms with E-state index in [4.69, 9.17) is 0 Å². The summed E-state index contributed by atoms with van der Waals surface area (Å²) in [5, 5.41) is 23.7. The maximum Gasteiger partial charge on any atom is 0.270 e. The Balaban J connectivity index is 2.12. The van der Waals surface area contributed by atoms with E-state index in [2.05, 4.69) is 10.1 Å². The Hall–Kier alpha value is -3.80. The Morgan fingerprint density at radius 1 is 0.808 bits per heavy atom. The molecule has 6 heteroatoms. The molecule has 0 unspecified atom stereocenters. The predicted octanol–water partition coefficient (Wildman–Crippen LogP) is 4.27. The van der Waals surface area contributed by atoms with E-state index in [-0.39, 0.29) is 11.5 Å². The van der Waals surface area contributed by atoms with E-state index in [0.29, 0.717) is 11.3 Å². The number of oxime groups is 1. The van der Waals surface area contributed by atoms with Crippen LogP contribution in [0.4, 0.5) is 5.69 Å². The molecule has 0 bridgehead atoms. The summed E-state index contributed by atoms with van der Waals surface area (Å²) in [6.07, 6.45) is 0. The van der Waals surface area contributed by atoms with Crippen LogP contribution in [0.5, 0.6) is 0 Å². The minimum atomic E-state index is -0.502. The van der Waals surface area contributed by atoms with Gasteiger partial charge in [0.2, 0.25) is 0 Å². The average Bonchev–Trinajstić information content (AvgIpc) is 2.70. The Bertz CT molecular complexity index is 926. The second-order valence-corrected chi connectivity index (χ2v) is 5.42. The third-order valence-corrected chi connectivity index (χ3v) is 3.72. The number of nitrogens with zero attached hydrogens (tertiary/aromatic N) is 3. The molecule has 3 rings (SSSR count). The molecule has 0 aromatic heterocycles. The monoisotopic (exact) mass is 345 g/mol. The summed E-state index contributed by atoms with van der Waals surface area (Å²) in [5.41, 5.74) is 2.53. The van der Waals surface area contributed by atoms with Crippen molar-refractivity contribution in [1.82, 2.24) is 0 Å². The zero-order valence-electron chi connectivity index (χ0n) is 13.7. The van der Waals surface area contributed by atoms with E-state index >= 15 is 0 Å². The number of nitro benzene ring substituents is 1. The van der Waals surface area contributed by atoms with Gasteiger partial charge in [0.05, 0.1) is 10.6 Å². The lowest BCUT2D eigenvalue weighted by atomic mass is 10.0. The molecule has 26 heavy (non-hydrogen) atoms. The Morgan fingerprint density at radius 2 is 1.35 bits per heavy atom. The van der Waals surface area contributed by atoms with Crippen molar-refractivity contribution in [2.75, 3.05) is 0 Å². The van der Waals surface area contributed by atoms with Gasteiger partial charge in [-0.1, -0.05) is 78.0 Å². The van der Waals surface area contributed by atoms with Crippen LogP contribution in [0.2, 0.25) is 0 Å². The lowest BCUT2D eigenvalue weighted by Gasteiger charge is -2.08. The third kappa shape index (κ3) is 3.81. The van der Waals surface area contributed by atoms with Crippen LogP contribution >= 0.6 is 0 Å². The van der Waals surface area contributed by atoms with Gasteiger partial charge in [-0.25, -0.2) is 4.99 Å². The summed E-state index contributed by atoms with van der Waals surface area (Å²) in [6.45, 7) is 0. The van der Waals surface area contributed by atoms with Gasteiger partial charge in [-0.3, -0.25) is 10.1 Å². The van der Waals surface area contributed by atoms with Crippen LogP contribution in [0.15, 0.2) is 95.1 Å². The van der Waals surface area contributed by atoms with Gasteiger partial charge in [0.1, 0.15) is 0 Å². The van der Waals surface area contributed by atoms with Crippen molar-refractivity contribution in [1.29, 1.82) is 0 Å². The lowest BCUT2D eigenvalue weighted by molar-refractivity contribution is -0.384. The zero-order valence-corrected chi connectivity index (χ0v) is 13.7. The topological polar surface area (TPSA) is 88.1 Å². The highest BCUT2D eigenvalue weighted by Crippen LogP contribution is 2.17. The number of hydrogen-bond acceptors (Lipinski definition) is 4. The summed E-state index contributed by atoms with van der Waals surface area (Å²) in [6, 6.07) is 24.8. The quantitative estimate of drug-likeness (QED) is 0.252. The van der Waals surface area contributed by atoms with Crippen LogP contribution in [0.3, 0.4) is 0 Å². The first-order valence-corrected chi connectivity index (χ1v) is 7.85. The molecule has 0 atom stereocenters. The Morgan fingerprint density at radius 3 is 1.85 bits per heavy atom. The average molecular weight is 345 g/mol. The van der Waals surface area contributed by atoms with Gasteiger partial charge in [0.25, 0.3) is 5.69 Å². The molecule has 1 N–H and O–H groups in total. The Labute approximate surface area is 149 Å². The smallest absolute Gasteiger partial charge is 0.270 e. The standard InChI is InChI=1S/C20H15N3O3/c24-22-20(17-12-7-13-18(14-17)23(25)26)21-19(15-8-3-1-4-9-15)16-10-5-2-6-11-16/h1-14,24H/b22-20+. The highest BCUT2D eigenvalue weighted by atomic mass is 16.6. The second kappa shape index (κ2) is 7.85. The number of amidine groups is 1. The zero-order chi connectivity index (χ0) is 18.4. The van der Waals surface area contributed by atoms with Gasteiger partial charge in [-0.05, 0) is 0 Å². The van der Waals surface area contributed by atoms with E-state index in [1.54, 1.807) is 6.07 Å². The van der Waals surface area contributed by atoms with Crippen molar-refractivity contribution in [3.63, 3.8) is 0 Å². The molecule has 0 aliphatic carbocycles. The predicted molar refractivity (Wildman–Crippen MR) is 99.9 cm³/mol. The first-order valence-electron chi connectivity index (χ1n) is 7.85. The second-order valence-electron chi connectivity index (χ2n) is 5.42. The van der Waals surface area contributed by atoms with Gasteiger partial charge in [0, 0.05) is 28.8 Å². The SMILES string of the molecule is O=[N+]([O-])c1cccc(/C(N=C(c2ccccc2)c2ccccc2)=N\O)c1.